The number of piperidine rings is 3. The molecule has 5 fully saturated rings. The Morgan fingerprint density at radius 2 is 1.47 bits per heavy atom. The van der Waals surface area contributed by atoms with Gasteiger partial charge in [0, 0.05) is 51.9 Å². The van der Waals surface area contributed by atoms with Crippen LogP contribution in [0.25, 0.3) is 0 Å². The van der Waals surface area contributed by atoms with Gasteiger partial charge in [-0.25, -0.2) is 28.0 Å². The lowest BCUT2D eigenvalue weighted by Crippen LogP contribution is -2.53. The van der Waals surface area contributed by atoms with E-state index in [1.165, 1.54) is 0 Å². The molecule has 1 aliphatic carbocycles. The number of likely N-dealkylation sites (tertiary alicyclic amines) is 1. The molecule has 6 atom stereocenters. The van der Waals surface area contributed by atoms with Crippen LogP contribution in [0.3, 0.4) is 0 Å². The van der Waals surface area contributed by atoms with E-state index in [2.05, 4.69) is 29.9 Å². The summed E-state index contributed by atoms with van der Waals surface area (Å²) >= 11 is 0. The quantitative estimate of drug-likeness (QED) is 0.429. The van der Waals surface area contributed by atoms with E-state index >= 15 is 0 Å². The number of fused-ring (bicyclic) bond motifs is 1. The van der Waals surface area contributed by atoms with E-state index in [-0.39, 0.29) is 41.7 Å². The van der Waals surface area contributed by atoms with Crippen LogP contribution in [0.1, 0.15) is 71.6 Å². The Kier molecular flexibility index (Phi) is 9.90. The average molecular weight is 635 g/mol. The van der Waals surface area contributed by atoms with Crippen LogP contribution in [0.4, 0.5) is 18.0 Å². The topological polar surface area (TPSA) is 114 Å². The predicted octanol–water partition coefficient (Wildman–Crippen LogP) is 2.92. The van der Waals surface area contributed by atoms with Crippen LogP contribution in [0, 0.1) is 29.6 Å². The molecule has 3 N–H and O–H groups in total. The summed E-state index contributed by atoms with van der Waals surface area (Å²) in [7, 11) is -1.91. The fourth-order valence-electron chi connectivity index (χ4n) is 8.65. The number of nitrogens with zero attached hydrogens (tertiary/aromatic N) is 3. The van der Waals surface area contributed by atoms with Crippen LogP contribution in [-0.2, 0) is 14.8 Å². The zero-order valence-electron chi connectivity index (χ0n) is 25.6. The number of hydrogen-bond acceptors (Lipinski definition) is 6. The highest BCUT2D eigenvalue weighted by Gasteiger charge is 2.59. The molecule has 0 aromatic carbocycles. The van der Waals surface area contributed by atoms with Crippen molar-refractivity contribution in [2.24, 2.45) is 29.6 Å². The van der Waals surface area contributed by atoms with Gasteiger partial charge in [-0.1, -0.05) is 13.8 Å². The lowest BCUT2D eigenvalue weighted by Gasteiger charge is -2.43. The van der Waals surface area contributed by atoms with Crippen LogP contribution in [0.15, 0.2) is 0 Å². The highest BCUT2D eigenvalue weighted by molar-refractivity contribution is 7.89. The third kappa shape index (κ3) is 7.12. The zero-order chi connectivity index (χ0) is 31.1. The molecule has 4 heterocycles. The molecule has 1 saturated carbocycles. The fraction of sp³-hybridized carbons (Fsp3) is 0.931. The lowest BCUT2D eigenvalue weighted by molar-refractivity contribution is -0.173. The summed E-state index contributed by atoms with van der Waals surface area (Å²) in [6, 6.07) is -2.69. The Hall–Kier alpha value is -1.64. The third-order valence-corrected chi connectivity index (χ3v) is 13.2. The van der Waals surface area contributed by atoms with E-state index in [1.54, 1.807) is 21.3 Å². The Morgan fingerprint density at radius 1 is 0.860 bits per heavy atom. The van der Waals surface area contributed by atoms with Crippen molar-refractivity contribution >= 4 is 22.0 Å². The van der Waals surface area contributed by atoms with Gasteiger partial charge in [-0.2, -0.15) is 13.2 Å². The Labute approximate surface area is 253 Å². The van der Waals surface area contributed by atoms with Gasteiger partial charge in [-0.05, 0) is 81.5 Å². The van der Waals surface area contributed by atoms with Crippen LogP contribution < -0.4 is 16.1 Å². The first-order valence-electron chi connectivity index (χ1n) is 16.1. The number of halogens is 3. The van der Waals surface area contributed by atoms with Crippen molar-refractivity contribution in [3.05, 3.63) is 0 Å². The summed E-state index contributed by atoms with van der Waals surface area (Å²) in [5.74, 6) is -0.664. The number of carbonyl (C=O) groups excluding carboxylic acids is 2. The maximum absolute atomic E-state index is 14.2. The Bertz CT molecular complexity index is 1100. The normalized spacial score (nSPS) is 37.1. The number of rotatable bonds is 5. The van der Waals surface area contributed by atoms with Gasteiger partial charge in [0.05, 0.1) is 11.2 Å². The van der Waals surface area contributed by atoms with Crippen LogP contribution >= 0.6 is 0 Å². The second-order valence-corrected chi connectivity index (χ2v) is 16.1. The van der Waals surface area contributed by atoms with Gasteiger partial charge in [0.25, 0.3) is 0 Å². The maximum atomic E-state index is 14.2. The van der Waals surface area contributed by atoms with Crippen LogP contribution in [-0.4, -0.2) is 104 Å². The van der Waals surface area contributed by atoms with Gasteiger partial charge >= 0.3 is 12.2 Å². The molecule has 0 radical (unpaired) electrons. The number of nitrogens with one attached hydrogen (secondary N) is 3. The van der Waals surface area contributed by atoms with E-state index in [9.17, 15) is 31.2 Å². The molecular formula is C29H49F3N6O4S. The standard InChI is InChI=1S/C29H49F3N6O4S/c1-18-14-19(2)17-36(16-18)27(39)25-24-15-21(10-13-38(24)35-26(25)29(30,31)32)20-8-11-37(12-9-20)43(41,42)23-6-4-22(5-7-23)34-28(40)33-3/h18-26,35H,4-17H2,1-3H3,(H2,33,34,40). The number of alkyl halides is 3. The van der Waals surface area contributed by atoms with Crippen LogP contribution in [0.5, 0.6) is 0 Å². The molecule has 3 amide bonds. The van der Waals surface area contributed by atoms with Gasteiger partial charge in [-0.3, -0.25) is 4.79 Å². The molecule has 5 aliphatic rings. The van der Waals surface area contributed by atoms with Crippen LogP contribution in [0.2, 0.25) is 0 Å². The van der Waals surface area contributed by atoms with Crippen molar-refractivity contribution < 1.29 is 31.2 Å². The first-order chi connectivity index (χ1) is 20.3. The third-order valence-electron chi connectivity index (χ3n) is 10.8. The summed E-state index contributed by atoms with van der Waals surface area (Å²) in [6.07, 6.45) is 1.30. The van der Waals surface area contributed by atoms with E-state index < -0.39 is 39.5 Å². The molecule has 0 aromatic heterocycles. The zero-order valence-corrected chi connectivity index (χ0v) is 26.4. The number of urea groups is 1. The minimum atomic E-state index is -4.53. The van der Waals surface area contributed by atoms with Gasteiger partial charge in [0.15, 0.2) is 0 Å². The van der Waals surface area contributed by atoms with E-state index in [1.807, 2.05) is 0 Å². The predicted molar refractivity (Wildman–Crippen MR) is 156 cm³/mol. The van der Waals surface area contributed by atoms with E-state index in [4.69, 9.17) is 0 Å². The molecule has 4 aliphatic heterocycles. The Morgan fingerprint density at radius 3 is 2.05 bits per heavy atom. The molecule has 5 rings (SSSR count). The largest absolute Gasteiger partial charge is 0.406 e. The summed E-state index contributed by atoms with van der Waals surface area (Å²) < 4.78 is 71.3. The fourth-order valence-corrected chi connectivity index (χ4v) is 10.7. The number of sulfonamides is 1. The molecule has 14 heteroatoms. The summed E-state index contributed by atoms with van der Waals surface area (Å²) in [6.45, 7) is 6.39. The summed E-state index contributed by atoms with van der Waals surface area (Å²) in [5, 5.41) is 6.62. The number of hydrogen-bond donors (Lipinski definition) is 3. The monoisotopic (exact) mass is 634 g/mol. The van der Waals surface area contributed by atoms with E-state index in [0.717, 1.165) is 12.8 Å². The first-order valence-corrected chi connectivity index (χ1v) is 17.6. The number of hydrazine groups is 1. The lowest BCUT2D eigenvalue weighted by atomic mass is 9.74. The second-order valence-electron chi connectivity index (χ2n) is 13.9. The van der Waals surface area contributed by atoms with Crippen molar-refractivity contribution in [1.29, 1.82) is 0 Å². The van der Waals surface area contributed by atoms with Gasteiger partial charge in [0.1, 0.15) is 6.04 Å². The average Bonchev–Trinajstić information content (AvgIpc) is 3.36. The first kappa shape index (κ1) is 32.7. The van der Waals surface area contributed by atoms with Crippen molar-refractivity contribution in [2.75, 3.05) is 39.8 Å². The van der Waals surface area contributed by atoms with Gasteiger partial charge < -0.3 is 15.5 Å². The summed E-state index contributed by atoms with van der Waals surface area (Å²) in [5.41, 5.74) is 2.68. The SMILES string of the molecule is CNC(=O)NC1CCC(S(=O)(=O)N2CCC(C3CCN4NC(C(F)(F)F)C(C(=O)N5CC(C)CC(C)C5)C4C3)CC2)CC1. The maximum Gasteiger partial charge on any atom is 0.406 e. The second kappa shape index (κ2) is 13.0. The van der Waals surface area contributed by atoms with Gasteiger partial charge in [0.2, 0.25) is 15.9 Å². The molecule has 10 nitrogen and oxygen atoms in total. The molecule has 246 valence electrons. The Balaban J connectivity index is 1.19. The smallest absolute Gasteiger partial charge is 0.342 e. The minimum Gasteiger partial charge on any atom is -0.342 e. The highest BCUT2D eigenvalue weighted by atomic mass is 32.2. The molecular weight excluding hydrogens is 585 g/mol. The summed E-state index contributed by atoms with van der Waals surface area (Å²) in [4.78, 5) is 27.0. The van der Waals surface area contributed by atoms with Crippen molar-refractivity contribution in [3.63, 3.8) is 0 Å². The minimum absolute atomic E-state index is 0.0255. The highest BCUT2D eigenvalue weighted by Crippen LogP contribution is 2.44. The van der Waals surface area contributed by atoms with Crippen molar-refractivity contribution in [2.45, 2.75) is 101 Å². The van der Waals surface area contributed by atoms with Crippen molar-refractivity contribution in [1.82, 2.24) is 30.3 Å². The molecule has 43 heavy (non-hydrogen) atoms. The number of amides is 3. The van der Waals surface area contributed by atoms with Crippen molar-refractivity contribution in [3.8, 4) is 0 Å². The molecule has 6 unspecified atom stereocenters. The molecule has 0 spiro atoms. The molecule has 4 saturated heterocycles. The van der Waals surface area contributed by atoms with Gasteiger partial charge in [-0.15, -0.1) is 0 Å². The van der Waals surface area contributed by atoms with E-state index in [0.29, 0.717) is 77.7 Å². The molecule has 0 bridgehead atoms. The number of carbonyl (C=O) groups is 2. The molecule has 0 aromatic rings.